The molecule has 130 valence electrons. The zero-order chi connectivity index (χ0) is 17.6. The number of carbonyl (C=O) groups is 2. The van der Waals surface area contributed by atoms with Crippen LogP contribution in [0.4, 0.5) is 0 Å². The summed E-state index contributed by atoms with van der Waals surface area (Å²) < 4.78 is 1.19. The molecule has 2 aromatic rings. The molecule has 4 rings (SSSR count). The van der Waals surface area contributed by atoms with E-state index in [1.54, 1.807) is 36.2 Å². The van der Waals surface area contributed by atoms with Gasteiger partial charge in [0.25, 0.3) is 11.5 Å². The van der Waals surface area contributed by atoms with Crippen LogP contribution in [0.25, 0.3) is 10.8 Å². The van der Waals surface area contributed by atoms with E-state index < -0.39 is 5.54 Å². The van der Waals surface area contributed by atoms with Crippen molar-refractivity contribution in [3.63, 3.8) is 0 Å². The molecular weight excluding hydrogens is 320 g/mol. The van der Waals surface area contributed by atoms with E-state index >= 15 is 0 Å². The number of piperidine rings is 1. The maximum Gasteiger partial charge on any atom is 0.275 e. The Morgan fingerprint density at radius 1 is 1.16 bits per heavy atom. The van der Waals surface area contributed by atoms with E-state index in [2.05, 4.69) is 10.4 Å². The van der Waals surface area contributed by atoms with Gasteiger partial charge >= 0.3 is 0 Å². The van der Waals surface area contributed by atoms with E-state index in [1.807, 2.05) is 0 Å². The molecule has 1 spiro atoms. The standard InChI is InChI=1S/C18H20N4O3/c1-21-15(23)13-7-3-2-6-12(13)14(20-21)16(24)22-11-5-9-18(22)8-4-10-19-17(18)25/h2-3,6-7H,4-5,8-11H2,1H3,(H,19,25). The number of hydrogen-bond donors (Lipinski definition) is 1. The van der Waals surface area contributed by atoms with Gasteiger partial charge in [0.2, 0.25) is 5.91 Å². The molecule has 1 atom stereocenters. The third-order valence-corrected chi connectivity index (χ3v) is 5.37. The minimum atomic E-state index is -0.771. The van der Waals surface area contributed by atoms with Crippen LogP contribution in [0.5, 0.6) is 0 Å². The van der Waals surface area contributed by atoms with E-state index in [0.717, 1.165) is 12.8 Å². The fraction of sp³-hybridized carbons (Fsp3) is 0.444. The van der Waals surface area contributed by atoms with Gasteiger partial charge in [-0.25, -0.2) is 4.68 Å². The van der Waals surface area contributed by atoms with E-state index in [-0.39, 0.29) is 23.1 Å². The minimum Gasteiger partial charge on any atom is -0.354 e. The average molecular weight is 340 g/mol. The van der Waals surface area contributed by atoms with Gasteiger partial charge in [-0.3, -0.25) is 14.4 Å². The lowest BCUT2D eigenvalue weighted by Gasteiger charge is -2.40. The van der Waals surface area contributed by atoms with E-state index in [1.165, 1.54) is 4.68 Å². The van der Waals surface area contributed by atoms with Gasteiger partial charge in [-0.1, -0.05) is 18.2 Å². The molecule has 7 heteroatoms. The lowest BCUT2D eigenvalue weighted by Crippen LogP contribution is -2.60. The van der Waals surface area contributed by atoms with Crippen LogP contribution in [-0.4, -0.2) is 45.1 Å². The molecule has 0 radical (unpaired) electrons. The normalized spacial score (nSPS) is 23.2. The summed E-state index contributed by atoms with van der Waals surface area (Å²) in [5.41, 5.74) is -0.775. The number of rotatable bonds is 1. The van der Waals surface area contributed by atoms with Crippen molar-refractivity contribution in [3.05, 3.63) is 40.3 Å². The second-order valence-corrected chi connectivity index (χ2v) is 6.77. The number of likely N-dealkylation sites (tertiary alicyclic amines) is 1. The molecule has 2 aliphatic rings. The van der Waals surface area contributed by atoms with Crippen molar-refractivity contribution in [3.8, 4) is 0 Å². The number of fused-ring (bicyclic) bond motifs is 1. The molecule has 0 aliphatic carbocycles. The molecule has 1 unspecified atom stereocenters. The number of amides is 2. The van der Waals surface area contributed by atoms with Gasteiger partial charge in [0.15, 0.2) is 5.69 Å². The van der Waals surface area contributed by atoms with Crippen LogP contribution in [-0.2, 0) is 11.8 Å². The zero-order valence-electron chi connectivity index (χ0n) is 14.1. The van der Waals surface area contributed by atoms with Gasteiger partial charge in [-0.2, -0.15) is 5.10 Å². The molecule has 1 aromatic carbocycles. The van der Waals surface area contributed by atoms with Gasteiger partial charge in [-0.15, -0.1) is 0 Å². The number of aryl methyl sites for hydroxylation is 1. The van der Waals surface area contributed by atoms with Crippen molar-refractivity contribution in [2.75, 3.05) is 13.1 Å². The summed E-state index contributed by atoms with van der Waals surface area (Å²) in [7, 11) is 1.54. The van der Waals surface area contributed by atoms with Crippen LogP contribution < -0.4 is 10.9 Å². The van der Waals surface area contributed by atoms with Crippen molar-refractivity contribution >= 4 is 22.6 Å². The van der Waals surface area contributed by atoms with Crippen molar-refractivity contribution in [1.82, 2.24) is 20.0 Å². The largest absolute Gasteiger partial charge is 0.354 e. The molecule has 0 bridgehead atoms. The first-order chi connectivity index (χ1) is 12.0. The zero-order valence-corrected chi connectivity index (χ0v) is 14.1. The highest BCUT2D eigenvalue weighted by Crippen LogP contribution is 2.37. The summed E-state index contributed by atoms with van der Waals surface area (Å²) in [6.45, 7) is 1.19. The summed E-state index contributed by atoms with van der Waals surface area (Å²) in [6.07, 6.45) is 3.00. The Bertz CT molecular complexity index is 936. The predicted molar refractivity (Wildman–Crippen MR) is 92.2 cm³/mol. The Morgan fingerprint density at radius 2 is 1.88 bits per heavy atom. The van der Waals surface area contributed by atoms with E-state index in [0.29, 0.717) is 36.7 Å². The highest BCUT2D eigenvalue weighted by Gasteiger charge is 2.51. The van der Waals surface area contributed by atoms with Crippen LogP contribution in [0.1, 0.15) is 36.2 Å². The molecule has 7 nitrogen and oxygen atoms in total. The first kappa shape index (κ1) is 15.8. The molecule has 2 saturated heterocycles. The highest BCUT2D eigenvalue weighted by molar-refractivity contribution is 6.07. The molecule has 1 N–H and O–H groups in total. The smallest absolute Gasteiger partial charge is 0.275 e. The predicted octanol–water partition coefficient (Wildman–Crippen LogP) is 0.818. The monoisotopic (exact) mass is 340 g/mol. The Balaban J connectivity index is 1.84. The summed E-state index contributed by atoms with van der Waals surface area (Å²) in [5, 5.41) is 8.13. The van der Waals surface area contributed by atoms with Crippen molar-refractivity contribution in [1.29, 1.82) is 0 Å². The van der Waals surface area contributed by atoms with Crippen molar-refractivity contribution < 1.29 is 9.59 Å². The third kappa shape index (κ3) is 2.26. The number of nitrogens with zero attached hydrogens (tertiary/aromatic N) is 3. The van der Waals surface area contributed by atoms with E-state index in [4.69, 9.17) is 0 Å². The molecule has 3 heterocycles. The maximum atomic E-state index is 13.3. The Kier molecular flexibility index (Phi) is 3.59. The summed E-state index contributed by atoms with van der Waals surface area (Å²) >= 11 is 0. The average Bonchev–Trinajstić information content (AvgIpc) is 3.05. The molecule has 1 aromatic heterocycles. The fourth-order valence-corrected chi connectivity index (χ4v) is 4.12. The molecule has 2 amide bonds. The molecule has 0 saturated carbocycles. The summed E-state index contributed by atoms with van der Waals surface area (Å²) in [5.74, 6) is -0.347. The quantitative estimate of drug-likeness (QED) is 0.833. The number of benzene rings is 1. The first-order valence-electron chi connectivity index (χ1n) is 8.61. The van der Waals surface area contributed by atoms with Gasteiger partial charge in [0.05, 0.1) is 5.39 Å². The van der Waals surface area contributed by atoms with E-state index in [9.17, 15) is 14.4 Å². The number of aromatic nitrogens is 2. The number of hydrogen-bond acceptors (Lipinski definition) is 4. The lowest BCUT2D eigenvalue weighted by atomic mass is 9.86. The molecule has 2 aliphatic heterocycles. The minimum absolute atomic E-state index is 0.0706. The van der Waals surface area contributed by atoms with Crippen LogP contribution in [0.15, 0.2) is 29.1 Å². The summed E-state index contributed by atoms with van der Waals surface area (Å²) in [6, 6.07) is 6.99. The first-order valence-corrected chi connectivity index (χ1v) is 8.61. The van der Waals surface area contributed by atoms with Crippen LogP contribution >= 0.6 is 0 Å². The lowest BCUT2D eigenvalue weighted by molar-refractivity contribution is -0.133. The Morgan fingerprint density at radius 3 is 2.64 bits per heavy atom. The van der Waals surface area contributed by atoms with Gasteiger partial charge in [0.1, 0.15) is 5.54 Å². The molecule has 2 fully saturated rings. The maximum absolute atomic E-state index is 13.3. The number of nitrogens with one attached hydrogen (secondary N) is 1. The summed E-state index contributed by atoms with van der Waals surface area (Å²) in [4.78, 5) is 39.8. The Labute approximate surface area is 144 Å². The fourth-order valence-electron chi connectivity index (χ4n) is 4.12. The SMILES string of the molecule is Cn1nc(C(=O)N2CCCC23CCCNC3=O)c2ccccc2c1=O. The van der Waals surface area contributed by atoms with Gasteiger partial charge < -0.3 is 10.2 Å². The van der Waals surface area contributed by atoms with Crippen molar-refractivity contribution in [2.45, 2.75) is 31.2 Å². The Hall–Kier alpha value is -2.70. The molecule has 25 heavy (non-hydrogen) atoms. The second kappa shape index (κ2) is 5.68. The van der Waals surface area contributed by atoms with Crippen LogP contribution in [0, 0.1) is 0 Å². The number of carbonyl (C=O) groups excluding carboxylic acids is 2. The van der Waals surface area contributed by atoms with Gasteiger partial charge in [0, 0.05) is 25.5 Å². The van der Waals surface area contributed by atoms with Crippen LogP contribution in [0.3, 0.4) is 0 Å². The molecular formula is C18H20N4O3. The second-order valence-electron chi connectivity index (χ2n) is 6.77. The third-order valence-electron chi connectivity index (χ3n) is 5.37. The highest BCUT2D eigenvalue weighted by atomic mass is 16.2. The van der Waals surface area contributed by atoms with Gasteiger partial charge in [-0.05, 0) is 31.7 Å². The van der Waals surface area contributed by atoms with Crippen LogP contribution in [0.2, 0.25) is 0 Å². The van der Waals surface area contributed by atoms with Crippen molar-refractivity contribution in [2.24, 2.45) is 7.05 Å². The topological polar surface area (TPSA) is 84.3 Å².